The van der Waals surface area contributed by atoms with Crippen LogP contribution in [-0.2, 0) is 14.3 Å². The van der Waals surface area contributed by atoms with Crippen LogP contribution in [0, 0.1) is 0 Å². The Bertz CT molecular complexity index is 799. The Morgan fingerprint density at radius 1 is 0.929 bits per heavy atom. The van der Waals surface area contributed by atoms with E-state index in [9.17, 15) is 14.4 Å². The van der Waals surface area contributed by atoms with Gasteiger partial charge in [-0.15, -0.1) is 0 Å². The van der Waals surface area contributed by atoms with Crippen LogP contribution in [0.2, 0.25) is 0 Å². The minimum absolute atomic E-state index is 0.0394. The van der Waals surface area contributed by atoms with E-state index in [0.29, 0.717) is 17.7 Å². The number of rotatable bonds is 9. The molecular formula is C22H25NO5. The highest BCUT2D eigenvalue weighted by Crippen LogP contribution is 2.17. The number of carbonyl (C=O) groups excluding carboxylic acids is 3. The number of hydrogen-bond acceptors (Lipinski definition) is 5. The summed E-state index contributed by atoms with van der Waals surface area (Å²) in [5, 5.41) is 0. The van der Waals surface area contributed by atoms with Gasteiger partial charge in [0.2, 0.25) is 0 Å². The van der Waals surface area contributed by atoms with Crippen LogP contribution in [0.15, 0.2) is 54.6 Å². The average Bonchev–Trinajstić information content (AvgIpc) is 2.71. The molecule has 6 nitrogen and oxygen atoms in total. The molecule has 2 aromatic carbocycles. The molecular weight excluding hydrogens is 358 g/mol. The van der Waals surface area contributed by atoms with E-state index in [1.165, 1.54) is 0 Å². The Balaban J connectivity index is 1.84. The van der Waals surface area contributed by atoms with Gasteiger partial charge < -0.3 is 14.4 Å². The minimum atomic E-state index is -0.640. The van der Waals surface area contributed by atoms with Crippen molar-refractivity contribution < 1.29 is 23.9 Å². The van der Waals surface area contributed by atoms with Gasteiger partial charge in [0.15, 0.2) is 19.0 Å². The molecule has 0 unspecified atom stereocenters. The number of nitrogens with zero attached hydrogens (tertiary/aromatic N) is 1. The maximum atomic E-state index is 12.5. The largest absolute Gasteiger partial charge is 0.482 e. The highest BCUT2D eigenvalue weighted by Gasteiger charge is 2.20. The summed E-state index contributed by atoms with van der Waals surface area (Å²) in [6.45, 7) is 4.90. The third-order valence-corrected chi connectivity index (χ3v) is 4.03. The van der Waals surface area contributed by atoms with E-state index in [1.807, 2.05) is 44.2 Å². The molecule has 0 aliphatic heterocycles. The molecule has 0 saturated carbocycles. The summed E-state index contributed by atoms with van der Waals surface area (Å²) in [6, 6.07) is 15.7. The van der Waals surface area contributed by atoms with Gasteiger partial charge in [-0.1, -0.05) is 25.1 Å². The molecule has 2 aromatic rings. The van der Waals surface area contributed by atoms with E-state index in [-0.39, 0.29) is 30.9 Å². The summed E-state index contributed by atoms with van der Waals surface area (Å²) in [4.78, 5) is 37.5. The lowest BCUT2D eigenvalue weighted by molar-refractivity contribution is -0.149. The number of ketones is 1. The lowest BCUT2D eigenvalue weighted by Crippen LogP contribution is -2.40. The quantitative estimate of drug-likeness (QED) is 0.488. The van der Waals surface area contributed by atoms with E-state index in [2.05, 4.69) is 0 Å². The first-order valence-corrected chi connectivity index (χ1v) is 9.21. The summed E-state index contributed by atoms with van der Waals surface area (Å²) in [5.41, 5.74) is 1.34. The summed E-state index contributed by atoms with van der Waals surface area (Å²) in [6.07, 6.45) is 0.428. The first kappa shape index (κ1) is 21.2. The number of amides is 1. The van der Waals surface area contributed by atoms with E-state index in [4.69, 9.17) is 9.47 Å². The molecule has 0 aromatic heterocycles. The number of ether oxygens (including phenoxy) is 2. The van der Waals surface area contributed by atoms with E-state index in [1.54, 1.807) is 36.1 Å². The van der Waals surface area contributed by atoms with Crippen molar-refractivity contribution in [1.29, 1.82) is 0 Å². The zero-order chi connectivity index (χ0) is 20.5. The van der Waals surface area contributed by atoms with Crippen molar-refractivity contribution in [1.82, 2.24) is 0 Å². The summed E-state index contributed by atoms with van der Waals surface area (Å²) < 4.78 is 10.4. The summed E-state index contributed by atoms with van der Waals surface area (Å²) in [5.74, 6) is -0.461. The fourth-order valence-electron chi connectivity index (χ4n) is 2.66. The second-order valence-corrected chi connectivity index (χ2v) is 6.44. The van der Waals surface area contributed by atoms with Gasteiger partial charge in [0.05, 0.1) is 0 Å². The Kier molecular flexibility index (Phi) is 7.75. The summed E-state index contributed by atoms with van der Waals surface area (Å²) >= 11 is 0. The van der Waals surface area contributed by atoms with Crippen LogP contribution in [0.1, 0.15) is 37.6 Å². The zero-order valence-electron chi connectivity index (χ0n) is 16.4. The predicted molar refractivity (Wildman–Crippen MR) is 107 cm³/mol. The Hall–Kier alpha value is -3.15. The second-order valence-electron chi connectivity index (χ2n) is 6.44. The molecule has 0 heterocycles. The number of esters is 1. The second kappa shape index (κ2) is 10.3. The number of para-hydroxylation sites is 1. The third-order valence-electron chi connectivity index (χ3n) is 4.03. The molecule has 0 N–H and O–H groups in total. The SMILES string of the molecule is CCC(=O)c1ccc(OCC(=O)OCC(=O)N(c2ccccc2)C(C)C)cc1. The fraction of sp³-hybridized carbons (Fsp3) is 0.318. The normalized spacial score (nSPS) is 10.4. The minimum Gasteiger partial charge on any atom is -0.482 e. The molecule has 0 aliphatic rings. The number of anilines is 1. The fourth-order valence-corrected chi connectivity index (χ4v) is 2.66. The molecule has 0 saturated heterocycles. The monoisotopic (exact) mass is 383 g/mol. The molecule has 0 atom stereocenters. The van der Waals surface area contributed by atoms with Gasteiger partial charge in [0, 0.05) is 23.7 Å². The van der Waals surface area contributed by atoms with Crippen LogP contribution in [0.5, 0.6) is 5.75 Å². The van der Waals surface area contributed by atoms with Crippen molar-refractivity contribution in [3.05, 3.63) is 60.2 Å². The maximum absolute atomic E-state index is 12.5. The van der Waals surface area contributed by atoms with Crippen molar-refractivity contribution in [2.75, 3.05) is 18.1 Å². The van der Waals surface area contributed by atoms with Gasteiger partial charge in [-0.05, 0) is 50.2 Å². The topological polar surface area (TPSA) is 72.9 Å². The molecule has 0 fully saturated rings. The van der Waals surface area contributed by atoms with Crippen molar-refractivity contribution >= 4 is 23.3 Å². The van der Waals surface area contributed by atoms with Crippen LogP contribution >= 0.6 is 0 Å². The Labute approximate surface area is 165 Å². The third kappa shape index (κ3) is 5.94. The van der Waals surface area contributed by atoms with Crippen molar-refractivity contribution in [3.63, 3.8) is 0 Å². The number of carbonyl (C=O) groups is 3. The number of Topliss-reactive ketones (excluding diaryl/α,β-unsaturated/α-hetero) is 1. The van der Waals surface area contributed by atoms with Crippen LogP contribution in [0.3, 0.4) is 0 Å². The Morgan fingerprint density at radius 3 is 2.14 bits per heavy atom. The smallest absolute Gasteiger partial charge is 0.344 e. The van der Waals surface area contributed by atoms with Gasteiger partial charge in [-0.2, -0.15) is 0 Å². The molecule has 0 bridgehead atoms. The van der Waals surface area contributed by atoms with Crippen LogP contribution in [-0.4, -0.2) is 36.9 Å². The lowest BCUT2D eigenvalue weighted by Gasteiger charge is -2.26. The first-order chi connectivity index (χ1) is 13.4. The standard InChI is InChI=1S/C22H25NO5/c1-4-20(24)17-10-12-19(13-11-17)27-15-22(26)28-14-21(25)23(16(2)3)18-8-6-5-7-9-18/h5-13,16H,4,14-15H2,1-3H3. The number of benzene rings is 2. The van der Waals surface area contributed by atoms with Gasteiger partial charge in [-0.25, -0.2) is 4.79 Å². The highest BCUT2D eigenvalue weighted by molar-refractivity contribution is 5.96. The molecule has 148 valence electrons. The molecule has 28 heavy (non-hydrogen) atoms. The number of hydrogen-bond donors (Lipinski definition) is 0. The van der Waals surface area contributed by atoms with Crippen LogP contribution in [0.25, 0.3) is 0 Å². The van der Waals surface area contributed by atoms with Gasteiger partial charge in [0.25, 0.3) is 5.91 Å². The van der Waals surface area contributed by atoms with E-state index in [0.717, 1.165) is 5.69 Å². The zero-order valence-corrected chi connectivity index (χ0v) is 16.4. The molecule has 2 rings (SSSR count). The van der Waals surface area contributed by atoms with Gasteiger partial charge in [0.1, 0.15) is 5.75 Å². The molecule has 1 amide bonds. The average molecular weight is 383 g/mol. The van der Waals surface area contributed by atoms with Crippen molar-refractivity contribution in [2.24, 2.45) is 0 Å². The van der Waals surface area contributed by atoms with Crippen molar-refractivity contribution in [2.45, 2.75) is 33.2 Å². The molecule has 0 radical (unpaired) electrons. The van der Waals surface area contributed by atoms with Crippen LogP contribution in [0.4, 0.5) is 5.69 Å². The van der Waals surface area contributed by atoms with Crippen molar-refractivity contribution in [3.8, 4) is 5.75 Å². The van der Waals surface area contributed by atoms with Crippen LogP contribution < -0.4 is 9.64 Å². The van der Waals surface area contributed by atoms with Gasteiger partial charge >= 0.3 is 5.97 Å². The lowest BCUT2D eigenvalue weighted by atomic mass is 10.1. The highest BCUT2D eigenvalue weighted by atomic mass is 16.6. The molecule has 0 spiro atoms. The van der Waals surface area contributed by atoms with Gasteiger partial charge in [-0.3, -0.25) is 9.59 Å². The maximum Gasteiger partial charge on any atom is 0.344 e. The first-order valence-electron chi connectivity index (χ1n) is 9.21. The molecule has 0 aliphatic carbocycles. The molecule has 6 heteroatoms. The Morgan fingerprint density at radius 2 is 1.57 bits per heavy atom. The summed E-state index contributed by atoms with van der Waals surface area (Å²) in [7, 11) is 0. The van der Waals surface area contributed by atoms with E-state index < -0.39 is 5.97 Å². The predicted octanol–water partition coefficient (Wildman–Crippen LogP) is 3.64. The van der Waals surface area contributed by atoms with E-state index >= 15 is 0 Å².